The third-order valence-electron chi connectivity index (χ3n) is 9.40. The smallest absolute Gasteiger partial charge is 0.414 e. The number of amides is 3. The van der Waals surface area contributed by atoms with Gasteiger partial charge in [0.2, 0.25) is 23.0 Å². The van der Waals surface area contributed by atoms with Crippen LogP contribution in [0.25, 0.3) is 11.2 Å². The number of nitrogens with one attached hydrogen (secondary N) is 3. The van der Waals surface area contributed by atoms with Crippen molar-refractivity contribution >= 4 is 69.2 Å². The number of hydrogen-bond acceptors (Lipinski definition) is 15. The van der Waals surface area contributed by atoms with Crippen LogP contribution in [-0.2, 0) is 48.4 Å². The summed E-state index contributed by atoms with van der Waals surface area (Å²) in [7, 11) is 1.57. The Balaban J connectivity index is 0.00000604. The number of pyridine rings is 1. The van der Waals surface area contributed by atoms with Crippen molar-refractivity contribution in [3.8, 4) is 5.75 Å². The molecule has 0 spiro atoms. The normalized spacial score (nSPS) is 17.6. The van der Waals surface area contributed by atoms with Crippen molar-refractivity contribution in [1.29, 1.82) is 0 Å². The van der Waals surface area contributed by atoms with E-state index in [-0.39, 0.29) is 59.1 Å². The summed E-state index contributed by atoms with van der Waals surface area (Å²) in [6.07, 6.45) is 6.43. The summed E-state index contributed by atoms with van der Waals surface area (Å²) in [6.45, 7) is 8.96. The van der Waals surface area contributed by atoms with Crippen LogP contribution in [0.3, 0.4) is 0 Å². The van der Waals surface area contributed by atoms with Gasteiger partial charge in [-0.15, -0.1) is 11.8 Å². The average molecular weight is 928 g/mol. The molecule has 0 bridgehead atoms. The number of aryl methyl sites for hydroxylation is 1. The Labute approximate surface area is 365 Å². The summed E-state index contributed by atoms with van der Waals surface area (Å²) in [5.74, 6) is -1.06. The van der Waals surface area contributed by atoms with E-state index < -0.39 is 40.9 Å². The van der Waals surface area contributed by atoms with Gasteiger partial charge >= 0.3 is 17.7 Å². The molecule has 21 heteroatoms. The number of anilines is 1. The maximum Gasteiger partial charge on any atom is 0.414 e. The number of ether oxygens (including phenoxy) is 3. The summed E-state index contributed by atoms with van der Waals surface area (Å²) < 4.78 is 24.6. The molecule has 2 atom stereocenters. The SMILES string of the molecule is CCO/N=C(\C(=O)NC1C(=O)N2C(C(=O)OCc3ccc(OC)cc3)=C(C[n+]3cccc4c3ncn4CCCNC3CC3)CSC12)c1nsc(NC(=O)OC(C)(C)C)n1.[Br-]. The first kappa shape index (κ1) is 44.4. The topological polar surface area (TPSA) is 204 Å². The van der Waals surface area contributed by atoms with Crippen LogP contribution in [0.4, 0.5) is 9.93 Å². The Kier molecular flexibility index (Phi) is 14.4. The molecule has 320 valence electrons. The third kappa shape index (κ3) is 10.6. The molecule has 18 nitrogen and oxygen atoms in total. The molecule has 7 rings (SSSR count). The number of esters is 1. The van der Waals surface area contributed by atoms with E-state index in [4.69, 9.17) is 24.0 Å². The first-order valence-corrected chi connectivity index (χ1v) is 21.1. The van der Waals surface area contributed by atoms with Crippen molar-refractivity contribution in [2.75, 3.05) is 31.3 Å². The number of fused-ring (bicyclic) bond motifs is 2. The van der Waals surface area contributed by atoms with Gasteiger partial charge in [-0.25, -0.2) is 14.2 Å². The molecule has 0 radical (unpaired) electrons. The van der Waals surface area contributed by atoms with Crippen LogP contribution in [0.5, 0.6) is 5.75 Å². The van der Waals surface area contributed by atoms with Gasteiger partial charge in [-0.3, -0.25) is 19.8 Å². The zero-order chi connectivity index (χ0) is 41.7. The highest BCUT2D eigenvalue weighted by Gasteiger charge is 2.55. The fourth-order valence-electron chi connectivity index (χ4n) is 6.45. The van der Waals surface area contributed by atoms with Gasteiger partial charge in [-0.2, -0.15) is 9.36 Å². The Bertz CT molecular complexity index is 2270. The zero-order valence-corrected chi connectivity index (χ0v) is 37.0. The van der Waals surface area contributed by atoms with Crippen LogP contribution in [0.2, 0.25) is 0 Å². The number of nitrogens with zero attached hydrogens (tertiary/aromatic N) is 7. The Morgan fingerprint density at radius 1 is 1.12 bits per heavy atom. The number of carbonyl (C=O) groups excluding carboxylic acids is 4. The minimum atomic E-state index is -1.02. The molecule has 2 fully saturated rings. The zero-order valence-electron chi connectivity index (χ0n) is 33.8. The summed E-state index contributed by atoms with van der Waals surface area (Å²) in [6, 6.07) is 10.7. The second kappa shape index (κ2) is 19.5. The molecule has 3 aromatic heterocycles. The van der Waals surface area contributed by atoms with E-state index in [0.717, 1.165) is 47.8 Å². The van der Waals surface area contributed by atoms with Gasteiger partial charge in [-0.1, -0.05) is 17.3 Å². The van der Waals surface area contributed by atoms with Gasteiger partial charge < -0.3 is 51.2 Å². The second-order valence-electron chi connectivity index (χ2n) is 15.0. The minimum absolute atomic E-state index is 0. The summed E-state index contributed by atoms with van der Waals surface area (Å²) in [4.78, 5) is 69.7. The molecule has 1 saturated carbocycles. The first-order chi connectivity index (χ1) is 28.4. The molecule has 2 unspecified atom stereocenters. The third-order valence-corrected chi connectivity index (χ3v) is 11.4. The van der Waals surface area contributed by atoms with Gasteiger partial charge in [0.05, 0.1) is 13.3 Å². The number of carbonyl (C=O) groups is 4. The van der Waals surface area contributed by atoms with E-state index in [1.165, 1.54) is 29.5 Å². The first-order valence-electron chi connectivity index (χ1n) is 19.3. The van der Waals surface area contributed by atoms with E-state index in [0.29, 0.717) is 23.1 Å². The van der Waals surface area contributed by atoms with Crippen molar-refractivity contribution in [2.45, 2.75) is 89.7 Å². The fraction of sp³-hybridized carbons (Fsp3) is 0.462. The number of halogens is 1. The molecule has 5 heterocycles. The van der Waals surface area contributed by atoms with E-state index in [1.807, 2.05) is 29.2 Å². The van der Waals surface area contributed by atoms with Crippen molar-refractivity contribution in [3.63, 3.8) is 0 Å². The van der Waals surface area contributed by atoms with Crippen molar-refractivity contribution in [1.82, 2.24) is 34.4 Å². The molecule has 60 heavy (non-hydrogen) atoms. The highest BCUT2D eigenvalue weighted by Crippen LogP contribution is 2.41. The maximum atomic E-state index is 14.1. The van der Waals surface area contributed by atoms with Gasteiger partial charge in [0.15, 0.2) is 0 Å². The lowest BCUT2D eigenvalue weighted by molar-refractivity contribution is -0.664. The monoisotopic (exact) mass is 926 g/mol. The van der Waals surface area contributed by atoms with E-state index >= 15 is 0 Å². The predicted octanol–water partition coefficient (Wildman–Crippen LogP) is 0.515. The molecule has 2 aliphatic heterocycles. The largest absolute Gasteiger partial charge is 1.00 e. The number of hydrogen-bond donors (Lipinski definition) is 3. The van der Waals surface area contributed by atoms with Crippen LogP contribution in [-0.4, -0.2) is 102 Å². The highest BCUT2D eigenvalue weighted by molar-refractivity contribution is 8.00. The molecular weight excluding hydrogens is 881 g/mol. The second-order valence-corrected chi connectivity index (χ2v) is 16.9. The number of imidazole rings is 1. The van der Waals surface area contributed by atoms with E-state index in [9.17, 15) is 19.2 Å². The van der Waals surface area contributed by atoms with Gasteiger partial charge in [0, 0.05) is 35.4 Å². The minimum Gasteiger partial charge on any atom is -1.00 e. The number of aromatic nitrogens is 5. The van der Waals surface area contributed by atoms with Crippen molar-refractivity contribution in [2.24, 2.45) is 5.16 Å². The van der Waals surface area contributed by atoms with Crippen LogP contribution in [0, 0.1) is 0 Å². The van der Waals surface area contributed by atoms with Gasteiger partial charge in [0.1, 0.15) is 53.7 Å². The summed E-state index contributed by atoms with van der Waals surface area (Å²) >= 11 is 2.23. The number of thioether (sulfide) groups is 1. The molecule has 3 aliphatic rings. The molecular formula is C39H47BrN10O8S2. The highest BCUT2D eigenvalue weighted by atomic mass is 79.9. The standard InChI is InChI=1S/C39H46N10O8S2.BrH/c1-6-56-45-28(31-43-37(59-46-31)44-38(53)57-39(2,3)4)33(50)42-29-34(51)49-30(36(52)55-20-23-10-14-26(54-5)15-11-23)24(21-58-35(29)49)19-47-17-7-9-27-32(47)41-22-48(27)18-8-16-40-25-12-13-25;/h7,9-11,14-15,17,22,25,29,35,40H,6,8,12-13,16,18-21H2,1-5H3,(H-,42,43,44,46,50,53);1H/b45-28-;. The number of oxime groups is 1. The molecule has 1 aliphatic carbocycles. The van der Waals surface area contributed by atoms with E-state index in [2.05, 4.69) is 35.0 Å². The molecule has 3 N–H and O–H groups in total. The predicted molar refractivity (Wildman–Crippen MR) is 218 cm³/mol. The molecule has 3 amide bonds. The van der Waals surface area contributed by atoms with Crippen molar-refractivity contribution in [3.05, 3.63) is 71.6 Å². The summed E-state index contributed by atoms with van der Waals surface area (Å²) in [5, 5.41) is 12.2. The Morgan fingerprint density at radius 2 is 1.90 bits per heavy atom. The lowest BCUT2D eigenvalue weighted by Crippen LogP contribution is -3.00. The number of β-lactam (4-membered cyclic amide) rings is 1. The Morgan fingerprint density at radius 3 is 2.62 bits per heavy atom. The van der Waals surface area contributed by atoms with Crippen LogP contribution < -0.4 is 42.2 Å². The lowest BCUT2D eigenvalue weighted by Gasteiger charge is -2.49. The lowest BCUT2D eigenvalue weighted by atomic mass is 10.0. The van der Waals surface area contributed by atoms with Crippen LogP contribution in [0.15, 0.2) is 65.3 Å². The van der Waals surface area contributed by atoms with Crippen molar-refractivity contribution < 1.29 is 59.8 Å². The maximum absolute atomic E-state index is 14.1. The average Bonchev–Trinajstić information content (AvgIpc) is 3.78. The number of rotatable bonds is 17. The quantitative estimate of drug-likeness (QED) is 0.0331. The molecule has 1 aromatic carbocycles. The van der Waals surface area contributed by atoms with E-state index in [1.54, 1.807) is 59.1 Å². The number of methoxy groups -OCH3 is 1. The van der Waals surface area contributed by atoms with Gasteiger partial charge in [-0.05, 0) is 88.3 Å². The molecule has 4 aromatic rings. The molecule has 1 saturated heterocycles. The van der Waals surface area contributed by atoms with Crippen LogP contribution in [0.1, 0.15) is 58.3 Å². The fourth-order valence-corrected chi connectivity index (χ4v) is 8.34. The summed E-state index contributed by atoms with van der Waals surface area (Å²) in [5.41, 5.74) is 2.18. The van der Waals surface area contributed by atoms with Gasteiger partial charge in [0.25, 0.3) is 11.8 Å². The number of benzene rings is 1. The van der Waals surface area contributed by atoms with Crippen LogP contribution >= 0.6 is 23.3 Å². The Hall–Kier alpha value is -5.12.